The Morgan fingerprint density at radius 1 is 1.35 bits per heavy atom. The maximum atomic E-state index is 5.60. The summed E-state index contributed by atoms with van der Waals surface area (Å²) < 4.78 is 5.60. The molecule has 2 atom stereocenters. The van der Waals surface area contributed by atoms with Gasteiger partial charge in [0.1, 0.15) is 0 Å². The van der Waals surface area contributed by atoms with E-state index in [1.807, 2.05) is 0 Å². The summed E-state index contributed by atoms with van der Waals surface area (Å²) in [6, 6.07) is 0.618. The lowest BCUT2D eigenvalue weighted by Crippen LogP contribution is -2.40. The van der Waals surface area contributed by atoms with Crippen LogP contribution >= 0.6 is 0 Å². The van der Waals surface area contributed by atoms with Gasteiger partial charge < -0.3 is 10.1 Å². The van der Waals surface area contributed by atoms with E-state index in [-0.39, 0.29) is 0 Å². The Balaban J connectivity index is 1.98. The molecule has 0 saturated carbocycles. The average Bonchev–Trinajstić information content (AvgIpc) is 2.69. The van der Waals surface area contributed by atoms with Gasteiger partial charge in [-0.3, -0.25) is 4.90 Å². The van der Waals surface area contributed by atoms with E-state index in [0.717, 1.165) is 32.2 Å². The van der Waals surface area contributed by atoms with E-state index >= 15 is 0 Å². The minimum atomic E-state index is 0.404. The maximum absolute atomic E-state index is 5.60. The Hall–Kier alpha value is -0.120. The molecule has 1 fully saturated rings. The predicted molar refractivity (Wildman–Crippen MR) is 73.4 cm³/mol. The normalized spacial score (nSPS) is 25.1. The summed E-state index contributed by atoms with van der Waals surface area (Å²) in [7, 11) is 2.21. The van der Waals surface area contributed by atoms with Crippen LogP contribution < -0.4 is 5.32 Å². The highest BCUT2D eigenvalue weighted by Gasteiger charge is 2.27. The molecule has 2 unspecified atom stereocenters. The van der Waals surface area contributed by atoms with Crippen LogP contribution in [0.4, 0.5) is 0 Å². The molecule has 0 aliphatic carbocycles. The molecule has 3 heteroatoms. The number of hydrogen-bond donors (Lipinski definition) is 1. The first-order valence-electron chi connectivity index (χ1n) is 7.14. The zero-order valence-electron chi connectivity index (χ0n) is 12.0. The summed E-state index contributed by atoms with van der Waals surface area (Å²) in [4.78, 5) is 2.44. The van der Waals surface area contributed by atoms with Crippen LogP contribution in [0.3, 0.4) is 0 Å². The molecule has 3 nitrogen and oxygen atoms in total. The van der Waals surface area contributed by atoms with Crippen molar-refractivity contribution in [1.29, 1.82) is 0 Å². The molecule has 0 bridgehead atoms. The molecule has 0 aromatic carbocycles. The second-order valence-electron chi connectivity index (χ2n) is 5.70. The Bertz CT molecular complexity index is 197. The fourth-order valence-corrected chi connectivity index (χ4v) is 2.48. The van der Waals surface area contributed by atoms with Gasteiger partial charge in [-0.25, -0.2) is 0 Å². The lowest BCUT2D eigenvalue weighted by atomic mass is 10.1. The zero-order valence-corrected chi connectivity index (χ0v) is 12.0. The highest BCUT2D eigenvalue weighted by molar-refractivity contribution is 4.80. The third kappa shape index (κ3) is 5.84. The number of rotatable bonds is 8. The lowest BCUT2D eigenvalue weighted by Gasteiger charge is -2.26. The van der Waals surface area contributed by atoms with Gasteiger partial charge in [0.05, 0.1) is 6.10 Å². The molecule has 1 N–H and O–H groups in total. The van der Waals surface area contributed by atoms with Crippen LogP contribution in [-0.4, -0.2) is 50.3 Å². The summed E-state index contributed by atoms with van der Waals surface area (Å²) in [5.41, 5.74) is 0. The number of nitrogens with one attached hydrogen (secondary N) is 1. The van der Waals surface area contributed by atoms with Gasteiger partial charge in [-0.2, -0.15) is 0 Å². The van der Waals surface area contributed by atoms with Crippen LogP contribution in [0.15, 0.2) is 0 Å². The highest BCUT2D eigenvalue weighted by atomic mass is 16.5. The molecule has 102 valence electrons. The van der Waals surface area contributed by atoms with Crippen molar-refractivity contribution in [3.8, 4) is 0 Å². The van der Waals surface area contributed by atoms with Crippen LogP contribution in [0.5, 0.6) is 0 Å². The van der Waals surface area contributed by atoms with Crippen molar-refractivity contribution in [3.05, 3.63) is 0 Å². The standard InChI is InChI=1S/C14H30N2O/c1-12(2)6-5-8-15-9-10-16(4)14-7-11-17-13(14)3/h12-15H,5-11H2,1-4H3. The maximum Gasteiger partial charge on any atom is 0.0702 e. The quantitative estimate of drug-likeness (QED) is 0.660. The van der Waals surface area contributed by atoms with Crippen molar-refractivity contribution in [3.63, 3.8) is 0 Å². The molecular weight excluding hydrogens is 212 g/mol. The molecule has 0 amide bonds. The van der Waals surface area contributed by atoms with Crippen LogP contribution in [-0.2, 0) is 4.74 Å². The van der Waals surface area contributed by atoms with E-state index in [1.54, 1.807) is 0 Å². The molecule has 0 spiro atoms. The monoisotopic (exact) mass is 242 g/mol. The SMILES string of the molecule is CC(C)CCCNCCN(C)C1CCOC1C. The average molecular weight is 242 g/mol. The molecule has 0 aromatic rings. The van der Waals surface area contributed by atoms with Crippen molar-refractivity contribution >= 4 is 0 Å². The zero-order chi connectivity index (χ0) is 12.7. The summed E-state index contributed by atoms with van der Waals surface area (Å²) in [5.74, 6) is 0.830. The fraction of sp³-hybridized carbons (Fsp3) is 1.00. The largest absolute Gasteiger partial charge is 0.377 e. The van der Waals surface area contributed by atoms with Gasteiger partial charge in [0, 0.05) is 25.7 Å². The minimum absolute atomic E-state index is 0.404. The van der Waals surface area contributed by atoms with Gasteiger partial charge >= 0.3 is 0 Å². The predicted octanol–water partition coefficient (Wildman–Crippen LogP) is 2.12. The van der Waals surface area contributed by atoms with E-state index in [0.29, 0.717) is 12.1 Å². The third-order valence-corrected chi connectivity index (χ3v) is 3.68. The number of likely N-dealkylation sites (N-methyl/N-ethyl adjacent to an activating group) is 1. The van der Waals surface area contributed by atoms with Gasteiger partial charge in [-0.15, -0.1) is 0 Å². The Kier molecular flexibility index (Phi) is 7.09. The van der Waals surface area contributed by atoms with E-state index in [2.05, 4.69) is 38.0 Å². The molecule has 1 saturated heterocycles. The van der Waals surface area contributed by atoms with Gasteiger partial charge in [-0.05, 0) is 45.7 Å². The van der Waals surface area contributed by atoms with E-state index in [9.17, 15) is 0 Å². The van der Waals surface area contributed by atoms with Crippen molar-refractivity contribution in [2.24, 2.45) is 5.92 Å². The smallest absolute Gasteiger partial charge is 0.0702 e. The van der Waals surface area contributed by atoms with Crippen LogP contribution in [0.2, 0.25) is 0 Å². The topological polar surface area (TPSA) is 24.5 Å². The van der Waals surface area contributed by atoms with Gasteiger partial charge in [0.2, 0.25) is 0 Å². The minimum Gasteiger partial charge on any atom is -0.377 e. The van der Waals surface area contributed by atoms with E-state index in [4.69, 9.17) is 4.74 Å². The Morgan fingerprint density at radius 2 is 2.12 bits per heavy atom. The second-order valence-corrected chi connectivity index (χ2v) is 5.70. The molecule has 1 rings (SSSR count). The second kappa shape index (κ2) is 8.06. The van der Waals surface area contributed by atoms with Crippen molar-refractivity contribution in [2.45, 2.75) is 52.2 Å². The van der Waals surface area contributed by atoms with Crippen LogP contribution in [0, 0.1) is 5.92 Å². The first-order valence-corrected chi connectivity index (χ1v) is 7.14. The molecular formula is C14H30N2O. The van der Waals surface area contributed by atoms with E-state index < -0.39 is 0 Å². The van der Waals surface area contributed by atoms with Crippen molar-refractivity contribution < 1.29 is 4.74 Å². The number of nitrogens with zero attached hydrogens (tertiary/aromatic N) is 1. The molecule has 0 radical (unpaired) electrons. The summed E-state index contributed by atoms with van der Waals surface area (Å²) in [6.45, 7) is 11.1. The lowest BCUT2D eigenvalue weighted by molar-refractivity contribution is 0.0840. The molecule has 1 heterocycles. The number of ether oxygens (including phenoxy) is 1. The first-order chi connectivity index (χ1) is 8.11. The van der Waals surface area contributed by atoms with Gasteiger partial charge in [0.25, 0.3) is 0 Å². The van der Waals surface area contributed by atoms with Crippen LogP contribution in [0.1, 0.15) is 40.0 Å². The number of hydrogen-bond acceptors (Lipinski definition) is 3. The fourth-order valence-electron chi connectivity index (χ4n) is 2.48. The molecule has 1 aliphatic heterocycles. The Labute approximate surface area is 107 Å². The summed E-state index contributed by atoms with van der Waals surface area (Å²) >= 11 is 0. The van der Waals surface area contributed by atoms with Crippen molar-refractivity contribution in [1.82, 2.24) is 10.2 Å². The Morgan fingerprint density at radius 3 is 2.71 bits per heavy atom. The molecule has 1 aliphatic rings. The van der Waals surface area contributed by atoms with Crippen LogP contribution in [0.25, 0.3) is 0 Å². The molecule has 0 aromatic heterocycles. The van der Waals surface area contributed by atoms with Crippen molar-refractivity contribution in [2.75, 3.05) is 33.3 Å². The summed E-state index contributed by atoms with van der Waals surface area (Å²) in [5, 5.41) is 3.53. The molecule has 17 heavy (non-hydrogen) atoms. The third-order valence-electron chi connectivity index (χ3n) is 3.68. The summed E-state index contributed by atoms with van der Waals surface area (Å²) in [6.07, 6.45) is 4.21. The van der Waals surface area contributed by atoms with Gasteiger partial charge in [-0.1, -0.05) is 13.8 Å². The first kappa shape index (κ1) is 14.9. The van der Waals surface area contributed by atoms with E-state index in [1.165, 1.54) is 19.3 Å². The highest BCUT2D eigenvalue weighted by Crippen LogP contribution is 2.17. The van der Waals surface area contributed by atoms with Gasteiger partial charge in [0.15, 0.2) is 0 Å².